The number of likely N-dealkylation sites (tertiary alicyclic amines) is 1. The Kier molecular flexibility index (Phi) is 7.18. The summed E-state index contributed by atoms with van der Waals surface area (Å²) in [6.45, 7) is 1.73. The Morgan fingerprint density at radius 2 is 2.21 bits per heavy atom. The highest BCUT2D eigenvalue weighted by molar-refractivity contribution is 5.76. The van der Waals surface area contributed by atoms with E-state index in [2.05, 4.69) is 19.0 Å². The molecule has 24 heavy (non-hydrogen) atoms. The zero-order valence-electron chi connectivity index (χ0n) is 14.7. The van der Waals surface area contributed by atoms with Crippen molar-refractivity contribution in [3.8, 4) is 0 Å². The molecule has 5 heteroatoms. The number of piperidine rings is 1. The zero-order valence-corrected chi connectivity index (χ0v) is 14.7. The summed E-state index contributed by atoms with van der Waals surface area (Å²) in [4.78, 5) is 16.7. The van der Waals surface area contributed by atoms with E-state index in [9.17, 15) is 9.18 Å². The number of aliphatic hydroxyl groups is 1. The molecule has 1 aromatic rings. The average Bonchev–Trinajstić information content (AvgIpc) is 2.57. The van der Waals surface area contributed by atoms with E-state index in [1.807, 2.05) is 11.0 Å². The molecule has 0 bridgehead atoms. The molecule has 0 unspecified atom stereocenters. The third-order valence-corrected chi connectivity index (χ3v) is 4.96. The second-order valence-corrected chi connectivity index (χ2v) is 6.92. The van der Waals surface area contributed by atoms with E-state index >= 15 is 0 Å². The maximum Gasteiger partial charge on any atom is 0.222 e. The average molecular weight is 336 g/mol. The van der Waals surface area contributed by atoms with E-state index in [0.29, 0.717) is 24.8 Å². The molecule has 0 aromatic heterocycles. The van der Waals surface area contributed by atoms with Crippen molar-refractivity contribution in [1.82, 2.24) is 9.80 Å². The van der Waals surface area contributed by atoms with Gasteiger partial charge in [-0.2, -0.15) is 0 Å². The molecule has 1 amide bonds. The number of carbonyl (C=O) groups excluding carboxylic acids is 1. The molecule has 2 atom stereocenters. The molecule has 1 N–H and O–H groups in total. The molecule has 4 nitrogen and oxygen atoms in total. The summed E-state index contributed by atoms with van der Waals surface area (Å²) in [5.74, 6) is 0.292. The molecule has 1 heterocycles. The summed E-state index contributed by atoms with van der Waals surface area (Å²) < 4.78 is 13.2. The number of aliphatic hydroxyl groups excluding tert-OH is 1. The molecule has 1 aromatic carbocycles. The lowest BCUT2D eigenvalue weighted by Crippen LogP contribution is -2.50. The maximum atomic E-state index is 13.2. The summed E-state index contributed by atoms with van der Waals surface area (Å²) in [5, 5.41) is 9.10. The first-order chi connectivity index (χ1) is 11.5. The Balaban J connectivity index is 1.89. The standard InChI is InChI=1S/C19H29FN2O2/c1-21(2)18-10-11-22(14-16(18)6-4-12-23)19(24)9-8-15-5-3-7-17(20)13-15/h3,5,7,13,16,18,23H,4,6,8-12,14H2,1-2H3/t16-,18+/m1/s1. The molecule has 1 fully saturated rings. The zero-order chi connectivity index (χ0) is 17.5. The number of aryl methyl sites for hydroxylation is 1. The number of carbonyl (C=O) groups is 1. The number of rotatable bonds is 7. The van der Waals surface area contributed by atoms with Gasteiger partial charge in [-0.15, -0.1) is 0 Å². The summed E-state index contributed by atoms with van der Waals surface area (Å²) >= 11 is 0. The van der Waals surface area contributed by atoms with Crippen molar-refractivity contribution in [2.75, 3.05) is 33.8 Å². The Bertz CT molecular complexity index is 536. The van der Waals surface area contributed by atoms with Gasteiger partial charge in [-0.3, -0.25) is 4.79 Å². The quantitative estimate of drug-likeness (QED) is 0.831. The first kappa shape index (κ1) is 18.9. The van der Waals surface area contributed by atoms with Crippen molar-refractivity contribution in [3.05, 3.63) is 35.6 Å². The monoisotopic (exact) mass is 336 g/mol. The van der Waals surface area contributed by atoms with Crippen LogP contribution in [0.1, 0.15) is 31.2 Å². The lowest BCUT2D eigenvalue weighted by molar-refractivity contribution is -0.134. The van der Waals surface area contributed by atoms with E-state index in [-0.39, 0.29) is 18.3 Å². The van der Waals surface area contributed by atoms with Gasteiger partial charge in [-0.05, 0) is 63.4 Å². The minimum Gasteiger partial charge on any atom is -0.396 e. The van der Waals surface area contributed by atoms with Gasteiger partial charge < -0.3 is 14.9 Å². The van der Waals surface area contributed by atoms with Gasteiger partial charge in [-0.1, -0.05) is 12.1 Å². The molecule has 1 saturated heterocycles. The Labute approximate surface area is 144 Å². The van der Waals surface area contributed by atoms with Crippen LogP contribution in [0, 0.1) is 11.7 Å². The summed E-state index contributed by atoms with van der Waals surface area (Å²) in [7, 11) is 4.16. The number of benzene rings is 1. The highest BCUT2D eigenvalue weighted by atomic mass is 19.1. The molecular formula is C19H29FN2O2. The predicted octanol–water partition coefficient (Wildman–Crippen LogP) is 2.31. The number of hydrogen-bond acceptors (Lipinski definition) is 3. The van der Waals surface area contributed by atoms with Crippen molar-refractivity contribution in [3.63, 3.8) is 0 Å². The summed E-state index contributed by atoms with van der Waals surface area (Å²) in [6, 6.07) is 6.92. The van der Waals surface area contributed by atoms with Gasteiger partial charge in [0, 0.05) is 32.2 Å². The van der Waals surface area contributed by atoms with Crippen LogP contribution < -0.4 is 0 Å². The lowest BCUT2D eigenvalue weighted by atomic mass is 9.87. The first-order valence-electron chi connectivity index (χ1n) is 8.80. The minimum atomic E-state index is -0.254. The highest BCUT2D eigenvalue weighted by Gasteiger charge is 2.31. The summed E-state index contributed by atoms with van der Waals surface area (Å²) in [6.07, 6.45) is 3.68. The van der Waals surface area contributed by atoms with Crippen molar-refractivity contribution >= 4 is 5.91 Å². The van der Waals surface area contributed by atoms with Gasteiger partial charge in [0.05, 0.1) is 0 Å². The number of hydrogen-bond donors (Lipinski definition) is 1. The highest BCUT2D eigenvalue weighted by Crippen LogP contribution is 2.25. The first-order valence-corrected chi connectivity index (χ1v) is 8.80. The maximum absolute atomic E-state index is 13.2. The van der Waals surface area contributed by atoms with Crippen LogP contribution in [-0.4, -0.2) is 60.6 Å². The predicted molar refractivity (Wildman–Crippen MR) is 93.2 cm³/mol. The number of nitrogens with zero attached hydrogens (tertiary/aromatic N) is 2. The molecule has 0 spiro atoms. The van der Waals surface area contributed by atoms with Gasteiger partial charge in [0.2, 0.25) is 5.91 Å². The normalized spacial score (nSPS) is 21.3. The molecule has 2 rings (SSSR count). The second kappa shape index (κ2) is 9.14. The summed E-state index contributed by atoms with van der Waals surface area (Å²) in [5.41, 5.74) is 0.864. The second-order valence-electron chi connectivity index (χ2n) is 6.92. The van der Waals surface area contributed by atoms with Crippen LogP contribution in [0.4, 0.5) is 4.39 Å². The van der Waals surface area contributed by atoms with Crippen LogP contribution >= 0.6 is 0 Å². The van der Waals surface area contributed by atoms with Gasteiger partial charge in [-0.25, -0.2) is 4.39 Å². The Hall–Kier alpha value is -1.46. The third-order valence-electron chi connectivity index (χ3n) is 4.96. The van der Waals surface area contributed by atoms with Crippen molar-refractivity contribution < 1.29 is 14.3 Å². The molecule has 1 aliphatic rings. The van der Waals surface area contributed by atoms with E-state index < -0.39 is 0 Å². The van der Waals surface area contributed by atoms with E-state index in [1.54, 1.807) is 6.07 Å². The third kappa shape index (κ3) is 5.28. The lowest BCUT2D eigenvalue weighted by Gasteiger charge is -2.41. The minimum absolute atomic E-state index is 0.144. The van der Waals surface area contributed by atoms with E-state index in [1.165, 1.54) is 12.1 Å². The molecule has 0 saturated carbocycles. The molecule has 134 valence electrons. The van der Waals surface area contributed by atoms with E-state index in [4.69, 9.17) is 5.11 Å². The van der Waals surface area contributed by atoms with Crippen LogP contribution in [0.2, 0.25) is 0 Å². The fourth-order valence-electron chi connectivity index (χ4n) is 3.67. The molecule has 1 aliphatic heterocycles. The SMILES string of the molecule is CN(C)[C@H]1CCN(C(=O)CCc2cccc(F)c2)C[C@H]1CCCO. The van der Waals surface area contributed by atoms with Gasteiger partial charge in [0.15, 0.2) is 0 Å². The Morgan fingerprint density at radius 1 is 1.42 bits per heavy atom. The van der Waals surface area contributed by atoms with Crippen molar-refractivity contribution in [1.29, 1.82) is 0 Å². The van der Waals surface area contributed by atoms with E-state index in [0.717, 1.165) is 37.9 Å². The fraction of sp³-hybridized carbons (Fsp3) is 0.632. The number of halogens is 1. The Morgan fingerprint density at radius 3 is 2.88 bits per heavy atom. The van der Waals surface area contributed by atoms with Crippen LogP contribution in [-0.2, 0) is 11.2 Å². The van der Waals surface area contributed by atoms with Crippen LogP contribution in [0.3, 0.4) is 0 Å². The smallest absolute Gasteiger partial charge is 0.222 e. The van der Waals surface area contributed by atoms with Crippen molar-refractivity contribution in [2.24, 2.45) is 5.92 Å². The largest absolute Gasteiger partial charge is 0.396 e. The molecule has 0 radical (unpaired) electrons. The molecular weight excluding hydrogens is 307 g/mol. The topological polar surface area (TPSA) is 43.8 Å². The van der Waals surface area contributed by atoms with Crippen LogP contribution in [0.5, 0.6) is 0 Å². The number of amides is 1. The fourth-order valence-corrected chi connectivity index (χ4v) is 3.67. The van der Waals surface area contributed by atoms with Gasteiger partial charge >= 0.3 is 0 Å². The van der Waals surface area contributed by atoms with Crippen LogP contribution in [0.15, 0.2) is 24.3 Å². The van der Waals surface area contributed by atoms with Gasteiger partial charge in [0.25, 0.3) is 0 Å². The molecule has 0 aliphatic carbocycles. The van der Waals surface area contributed by atoms with Crippen LogP contribution in [0.25, 0.3) is 0 Å². The van der Waals surface area contributed by atoms with Crippen molar-refractivity contribution in [2.45, 2.75) is 38.1 Å². The van der Waals surface area contributed by atoms with Gasteiger partial charge in [0.1, 0.15) is 5.82 Å².